The molecule has 0 radical (unpaired) electrons. The quantitative estimate of drug-likeness (QED) is 0.742. The van der Waals surface area contributed by atoms with Gasteiger partial charge in [-0.3, -0.25) is 4.79 Å². The highest BCUT2D eigenvalue weighted by atomic mass is 35.5. The van der Waals surface area contributed by atoms with Crippen molar-refractivity contribution in [3.8, 4) is 0 Å². The molecule has 0 heterocycles. The molecule has 2 aliphatic rings. The second kappa shape index (κ2) is 4.54. The Morgan fingerprint density at radius 1 is 1.24 bits per heavy atom. The minimum absolute atomic E-state index is 0.0925. The van der Waals surface area contributed by atoms with Crippen molar-refractivity contribution in [3.05, 3.63) is 10.1 Å². The Morgan fingerprint density at radius 2 is 1.82 bits per heavy atom. The summed E-state index contributed by atoms with van der Waals surface area (Å²) in [7, 11) is 3.07. The van der Waals surface area contributed by atoms with Crippen molar-refractivity contribution in [1.82, 2.24) is 0 Å². The summed E-state index contributed by atoms with van der Waals surface area (Å²) in [6, 6.07) is 0. The van der Waals surface area contributed by atoms with Crippen LogP contribution in [0, 0.1) is 17.8 Å². The lowest BCUT2D eigenvalue weighted by atomic mass is 9.88. The normalized spacial score (nSPS) is 34.9. The maximum absolute atomic E-state index is 12.3. The molecule has 5 heteroatoms. The molecule has 0 aromatic rings. The van der Waals surface area contributed by atoms with Gasteiger partial charge in [0.05, 0.1) is 5.92 Å². The molecule has 3 atom stereocenters. The van der Waals surface area contributed by atoms with Crippen LogP contribution in [-0.2, 0) is 14.3 Å². The molecule has 0 N–H and O–H groups in total. The molecule has 1 saturated carbocycles. The third kappa shape index (κ3) is 1.53. The van der Waals surface area contributed by atoms with Gasteiger partial charge >= 0.3 is 0 Å². The second-order valence-corrected chi connectivity index (χ2v) is 5.35. The summed E-state index contributed by atoms with van der Waals surface area (Å²) in [5.74, 6) is -1.86. The second-order valence-electron chi connectivity index (χ2n) is 4.53. The molecule has 2 aliphatic carbocycles. The number of fused-ring (bicyclic) bond motifs is 2. The van der Waals surface area contributed by atoms with Crippen LogP contribution in [0.1, 0.15) is 19.8 Å². The van der Waals surface area contributed by atoms with E-state index in [-0.39, 0.29) is 17.6 Å². The van der Waals surface area contributed by atoms with E-state index >= 15 is 0 Å². The highest BCUT2D eigenvalue weighted by Gasteiger charge is 2.68. The Hall–Kier alpha value is -0.0900. The molecule has 0 amide bonds. The fourth-order valence-corrected chi connectivity index (χ4v) is 3.96. The standard InChI is InChI=1S/C12H16Cl2O3/c1-4-5-6-7-9(13)10(14)8(11(6)15)12(7,16-2)17-3/h6-8H,4-5H2,1-3H3/t6-,7-,8-/m0/s1. The zero-order valence-electron chi connectivity index (χ0n) is 10.1. The topological polar surface area (TPSA) is 35.5 Å². The van der Waals surface area contributed by atoms with E-state index < -0.39 is 11.7 Å². The van der Waals surface area contributed by atoms with Gasteiger partial charge in [0.25, 0.3) is 0 Å². The number of methoxy groups -OCH3 is 2. The van der Waals surface area contributed by atoms with E-state index in [1.807, 2.05) is 6.92 Å². The molecular weight excluding hydrogens is 263 g/mol. The van der Waals surface area contributed by atoms with Crippen LogP contribution >= 0.6 is 23.2 Å². The molecular formula is C12H16Cl2O3. The summed E-state index contributed by atoms with van der Waals surface area (Å²) >= 11 is 12.4. The van der Waals surface area contributed by atoms with E-state index in [0.29, 0.717) is 10.1 Å². The van der Waals surface area contributed by atoms with Gasteiger partial charge < -0.3 is 9.47 Å². The van der Waals surface area contributed by atoms with Gasteiger partial charge in [0.15, 0.2) is 11.6 Å². The zero-order chi connectivity index (χ0) is 12.8. The number of rotatable bonds is 4. The molecule has 3 nitrogen and oxygen atoms in total. The zero-order valence-corrected chi connectivity index (χ0v) is 11.6. The third-order valence-corrected chi connectivity index (χ3v) is 4.84. The lowest BCUT2D eigenvalue weighted by Crippen LogP contribution is -2.41. The van der Waals surface area contributed by atoms with Crippen LogP contribution in [0.2, 0.25) is 0 Å². The first-order chi connectivity index (χ1) is 8.05. The number of halogens is 2. The number of carbonyl (C=O) groups excluding carboxylic acids is 1. The van der Waals surface area contributed by atoms with Crippen LogP contribution in [-0.4, -0.2) is 25.8 Å². The van der Waals surface area contributed by atoms with E-state index in [1.165, 1.54) is 14.2 Å². The summed E-state index contributed by atoms with van der Waals surface area (Å²) in [4.78, 5) is 12.3. The van der Waals surface area contributed by atoms with Crippen LogP contribution < -0.4 is 0 Å². The summed E-state index contributed by atoms with van der Waals surface area (Å²) < 4.78 is 10.9. The van der Waals surface area contributed by atoms with Gasteiger partial charge in [0, 0.05) is 30.2 Å². The van der Waals surface area contributed by atoms with Crippen molar-refractivity contribution in [2.75, 3.05) is 14.2 Å². The van der Waals surface area contributed by atoms with Crippen LogP contribution in [0.3, 0.4) is 0 Å². The van der Waals surface area contributed by atoms with Gasteiger partial charge in [-0.15, -0.1) is 0 Å². The van der Waals surface area contributed by atoms with Crippen molar-refractivity contribution in [3.63, 3.8) is 0 Å². The largest absolute Gasteiger partial charge is 0.351 e. The molecule has 0 aliphatic heterocycles. The van der Waals surface area contributed by atoms with E-state index in [1.54, 1.807) is 0 Å². The highest BCUT2D eigenvalue weighted by molar-refractivity contribution is 6.42. The van der Waals surface area contributed by atoms with Crippen molar-refractivity contribution in [2.45, 2.75) is 25.6 Å². The van der Waals surface area contributed by atoms with Crippen molar-refractivity contribution in [1.29, 1.82) is 0 Å². The third-order valence-electron chi connectivity index (χ3n) is 3.88. The van der Waals surface area contributed by atoms with Gasteiger partial charge in [0.2, 0.25) is 0 Å². The summed E-state index contributed by atoms with van der Waals surface area (Å²) in [5, 5.41) is 0.913. The SMILES string of the molecule is CCC[C@@H]1C(=O)[C@@H]2C(Cl)=C(Cl)[C@H]1C2(OC)OC. The van der Waals surface area contributed by atoms with Crippen LogP contribution in [0.5, 0.6) is 0 Å². The lowest BCUT2D eigenvalue weighted by Gasteiger charge is -2.31. The molecule has 96 valence electrons. The fourth-order valence-electron chi connectivity index (χ4n) is 3.17. The smallest absolute Gasteiger partial charge is 0.190 e. The van der Waals surface area contributed by atoms with Gasteiger partial charge in [-0.25, -0.2) is 0 Å². The Morgan fingerprint density at radius 3 is 2.24 bits per heavy atom. The maximum atomic E-state index is 12.3. The van der Waals surface area contributed by atoms with Gasteiger partial charge in [0.1, 0.15) is 5.92 Å². The molecule has 1 fully saturated rings. The number of Topliss-reactive ketones (excluding diaryl/α,β-unsaturated/α-hetero) is 1. The number of hydrogen-bond acceptors (Lipinski definition) is 3. The Kier molecular flexibility index (Phi) is 3.56. The number of ketones is 1. The Labute approximate surface area is 111 Å². The summed E-state index contributed by atoms with van der Waals surface area (Å²) in [6.07, 6.45) is 1.71. The van der Waals surface area contributed by atoms with Gasteiger partial charge in [-0.2, -0.15) is 0 Å². The first-order valence-corrected chi connectivity index (χ1v) is 6.49. The number of carbonyl (C=O) groups is 1. The molecule has 0 aromatic carbocycles. The predicted molar refractivity (Wildman–Crippen MR) is 65.9 cm³/mol. The molecule has 17 heavy (non-hydrogen) atoms. The molecule has 0 spiro atoms. The molecule has 0 unspecified atom stereocenters. The molecule has 0 saturated heterocycles. The Bertz CT molecular complexity index is 374. The van der Waals surface area contributed by atoms with Gasteiger partial charge in [-0.1, -0.05) is 36.5 Å². The summed E-state index contributed by atoms with van der Waals surface area (Å²) in [6.45, 7) is 2.04. The minimum Gasteiger partial charge on any atom is -0.351 e. The number of ether oxygens (including phenoxy) is 2. The molecule has 0 aromatic heterocycles. The lowest BCUT2D eigenvalue weighted by molar-refractivity contribution is -0.232. The van der Waals surface area contributed by atoms with Crippen LogP contribution in [0.25, 0.3) is 0 Å². The minimum atomic E-state index is -0.995. The van der Waals surface area contributed by atoms with Crippen LogP contribution in [0.15, 0.2) is 10.1 Å². The van der Waals surface area contributed by atoms with E-state index in [2.05, 4.69) is 0 Å². The fraction of sp³-hybridized carbons (Fsp3) is 0.750. The average Bonchev–Trinajstić information content (AvgIpc) is 2.69. The van der Waals surface area contributed by atoms with E-state index in [9.17, 15) is 4.79 Å². The Balaban J connectivity index is 2.47. The summed E-state index contributed by atoms with van der Waals surface area (Å²) in [5.41, 5.74) is 0. The molecule has 2 bridgehead atoms. The van der Waals surface area contributed by atoms with Gasteiger partial charge in [-0.05, 0) is 6.42 Å². The van der Waals surface area contributed by atoms with Crippen LogP contribution in [0.4, 0.5) is 0 Å². The van der Waals surface area contributed by atoms with Crippen molar-refractivity contribution in [2.24, 2.45) is 17.8 Å². The first-order valence-electron chi connectivity index (χ1n) is 5.74. The maximum Gasteiger partial charge on any atom is 0.190 e. The van der Waals surface area contributed by atoms with E-state index in [4.69, 9.17) is 32.7 Å². The van der Waals surface area contributed by atoms with Crippen molar-refractivity contribution >= 4 is 29.0 Å². The predicted octanol–water partition coefficient (Wildman–Crippen LogP) is 2.91. The number of hydrogen-bond donors (Lipinski definition) is 0. The monoisotopic (exact) mass is 278 g/mol. The van der Waals surface area contributed by atoms with E-state index in [0.717, 1.165) is 12.8 Å². The highest BCUT2D eigenvalue weighted by Crippen LogP contribution is 2.61. The average molecular weight is 279 g/mol. The van der Waals surface area contributed by atoms with Crippen molar-refractivity contribution < 1.29 is 14.3 Å². The molecule has 2 rings (SSSR count). The first kappa shape index (κ1) is 13.3.